The van der Waals surface area contributed by atoms with Gasteiger partial charge in [-0.2, -0.15) is 0 Å². The number of guanidine groups is 1. The Labute approximate surface area is 179 Å². The topological polar surface area (TPSA) is 87.2 Å². The Morgan fingerprint density at radius 2 is 2.13 bits per heavy atom. The Bertz CT molecular complexity index is 685. The van der Waals surface area contributed by atoms with Crippen LogP contribution >= 0.6 is 0 Å². The maximum absolute atomic E-state index is 12.3. The van der Waals surface area contributed by atoms with Crippen LogP contribution in [0.2, 0.25) is 0 Å². The van der Waals surface area contributed by atoms with Gasteiger partial charge in [0.05, 0.1) is 12.7 Å². The normalized spacial score (nSPS) is 19.2. The molecule has 8 nitrogen and oxygen atoms in total. The molecule has 1 unspecified atom stereocenters. The lowest BCUT2D eigenvalue weighted by molar-refractivity contribution is 0.0168. The first-order valence-corrected chi connectivity index (χ1v) is 11.0. The summed E-state index contributed by atoms with van der Waals surface area (Å²) < 4.78 is 11.2. The fraction of sp³-hybridized carbons (Fsp3) is 0.636. The number of likely N-dealkylation sites (tertiary alicyclic amines) is 1. The Hall–Kier alpha value is -2.32. The van der Waals surface area contributed by atoms with Gasteiger partial charge in [-0.1, -0.05) is 12.1 Å². The van der Waals surface area contributed by atoms with E-state index in [0.29, 0.717) is 19.8 Å². The summed E-state index contributed by atoms with van der Waals surface area (Å²) in [5, 5.41) is 9.61. The average Bonchev–Trinajstić information content (AvgIpc) is 3.47. The van der Waals surface area contributed by atoms with Crippen molar-refractivity contribution in [2.75, 3.05) is 51.8 Å². The number of rotatable bonds is 9. The Balaban J connectivity index is 1.32. The van der Waals surface area contributed by atoms with Gasteiger partial charge in [-0.3, -0.25) is 4.99 Å². The number of anilines is 1. The number of hydrogen-bond acceptors (Lipinski definition) is 4. The predicted octanol–water partition coefficient (Wildman–Crippen LogP) is 2.57. The van der Waals surface area contributed by atoms with Crippen molar-refractivity contribution < 1.29 is 14.3 Å². The SMILES string of the molecule is CN=C(NCCCOCC1CCCO1)NCc1cccc(NC(=O)N2CCCC2)c1. The van der Waals surface area contributed by atoms with Crippen molar-refractivity contribution in [2.45, 2.75) is 44.8 Å². The van der Waals surface area contributed by atoms with Gasteiger partial charge in [0.15, 0.2) is 5.96 Å². The zero-order valence-electron chi connectivity index (χ0n) is 18.0. The first-order chi connectivity index (χ1) is 14.7. The number of aliphatic imine (C=N–C) groups is 1. The van der Waals surface area contributed by atoms with Crippen molar-refractivity contribution in [3.8, 4) is 0 Å². The monoisotopic (exact) mass is 417 g/mol. The van der Waals surface area contributed by atoms with E-state index in [-0.39, 0.29) is 12.1 Å². The highest BCUT2D eigenvalue weighted by molar-refractivity contribution is 5.89. The summed E-state index contributed by atoms with van der Waals surface area (Å²) in [6, 6.07) is 7.88. The van der Waals surface area contributed by atoms with E-state index in [4.69, 9.17) is 9.47 Å². The van der Waals surface area contributed by atoms with Crippen LogP contribution in [0.3, 0.4) is 0 Å². The van der Waals surface area contributed by atoms with Crippen LogP contribution in [-0.4, -0.2) is 69.5 Å². The molecule has 3 rings (SSSR count). The van der Waals surface area contributed by atoms with Crippen LogP contribution in [-0.2, 0) is 16.0 Å². The largest absolute Gasteiger partial charge is 0.379 e. The number of carbonyl (C=O) groups excluding carboxylic acids is 1. The number of amides is 2. The molecule has 1 aromatic rings. The lowest BCUT2D eigenvalue weighted by Crippen LogP contribution is -2.37. The lowest BCUT2D eigenvalue weighted by Gasteiger charge is -2.17. The molecule has 8 heteroatoms. The van der Waals surface area contributed by atoms with E-state index in [1.54, 1.807) is 7.05 Å². The maximum atomic E-state index is 12.3. The average molecular weight is 418 g/mol. The second-order valence-electron chi connectivity index (χ2n) is 7.74. The molecule has 0 bridgehead atoms. The Morgan fingerprint density at radius 3 is 2.90 bits per heavy atom. The molecule has 0 aliphatic carbocycles. The molecule has 2 heterocycles. The molecule has 0 radical (unpaired) electrons. The molecular formula is C22H35N5O3. The molecule has 0 spiro atoms. The van der Waals surface area contributed by atoms with Gasteiger partial charge in [-0.05, 0) is 49.8 Å². The van der Waals surface area contributed by atoms with Gasteiger partial charge >= 0.3 is 6.03 Å². The fourth-order valence-electron chi connectivity index (χ4n) is 3.66. The fourth-order valence-corrected chi connectivity index (χ4v) is 3.66. The van der Waals surface area contributed by atoms with E-state index in [2.05, 4.69) is 20.9 Å². The van der Waals surface area contributed by atoms with Crippen LogP contribution in [0.1, 0.15) is 37.7 Å². The molecule has 2 amide bonds. The van der Waals surface area contributed by atoms with E-state index < -0.39 is 0 Å². The molecule has 0 saturated carbocycles. The molecule has 0 aromatic heterocycles. The molecule has 2 aliphatic rings. The van der Waals surface area contributed by atoms with Crippen LogP contribution in [0.15, 0.2) is 29.3 Å². The number of benzene rings is 1. The van der Waals surface area contributed by atoms with Crippen molar-refractivity contribution in [1.82, 2.24) is 15.5 Å². The highest BCUT2D eigenvalue weighted by atomic mass is 16.5. The van der Waals surface area contributed by atoms with E-state index in [1.165, 1.54) is 0 Å². The van der Waals surface area contributed by atoms with Crippen molar-refractivity contribution in [2.24, 2.45) is 4.99 Å². The van der Waals surface area contributed by atoms with E-state index >= 15 is 0 Å². The van der Waals surface area contributed by atoms with Crippen molar-refractivity contribution in [3.63, 3.8) is 0 Å². The number of urea groups is 1. The van der Waals surface area contributed by atoms with E-state index in [0.717, 1.165) is 75.6 Å². The second-order valence-corrected chi connectivity index (χ2v) is 7.74. The van der Waals surface area contributed by atoms with E-state index in [9.17, 15) is 4.79 Å². The third-order valence-electron chi connectivity index (χ3n) is 5.34. The number of hydrogen-bond donors (Lipinski definition) is 3. The summed E-state index contributed by atoms with van der Waals surface area (Å²) in [5.41, 5.74) is 1.90. The van der Waals surface area contributed by atoms with Crippen molar-refractivity contribution in [1.29, 1.82) is 0 Å². The first-order valence-electron chi connectivity index (χ1n) is 11.0. The standard InChI is InChI=1S/C22H35N5O3/c1-23-21(24-10-6-13-29-17-20-9-5-14-30-20)25-16-18-7-4-8-19(15-18)26-22(28)27-11-2-3-12-27/h4,7-8,15,20H,2-3,5-6,9-14,16-17H2,1H3,(H,26,28)(H2,23,24,25). The van der Waals surface area contributed by atoms with E-state index in [1.807, 2.05) is 29.2 Å². The molecule has 2 saturated heterocycles. The minimum absolute atomic E-state index is 0.0169. The molecule has 2 aliphatic heterocycles. The Morgan fingerprint density at radius 1 is 1.27 bits per heavy atom. The molecule has 3 N–H and O–H groups in total. The van der Waals surface area contributed by atoms with Gasteiger partial charge < -0.3 is 30.3 Å². The van der Waals surface area contributed by atoms with Crippen molar-refractivity contribution in [3.05, 3.63) is 29.8 Å². The summed E-state index contributed by atoms with van der Waals surface area (Å²) in [5.74, 6) is 0.751. The third kappa shape index (κ3) is 7.50. The van der Waals surface area contributed by atoms with Crippen LogP contribution in [0.25, 0.3) is 0 Å². The number of ether oxygens (including phenoxy) is 2. The minimum Gasteiger partial charge on any atom is -0.379 e. The van der Waals surface area contributed by atoms with Crippen LogP contribution in [0, 0.1) is 0 Å². The summed E-state index contributed by atoms with van der Waals surface area (Å²) in [6.07, 6.45) is 5.62. The quantitative estimate of drug-likeness (QED) is 0.327. The van der Waals surface area contributed by atoms with Gasteiger partial charge in [0.1, 0.15) is 0 Å². The molecular weight excluding hydrogens is 382 g/mol. The Kier molecular flexibility index (Phi) is 9.24. The van der Waals surface area contributed by atoms with Gasteiger partial charge in [0.2, 0.25) is 0 Å². The maximum Gasteiger partial charge on any atom is 0.321 e. The smallest absolute Gasteiger partial charge is 0.321 e. The predicted molar refractivity (Wildman–Crippen MR) is 119 cm³/mol. The minimum atomic E-state index is -0.0169. The van der Waals surface area contributed by atoms with Gasteiger partial charge in [0, 0.05) is 52.1 Å². The molecule has 166 valence electrons. The number of carbonyl (C=O) groups is 1. The van der Waals surface area contributed by atoms with Gasteiger partial charge in [-0.15, -0.1) is 0 Å². The van der Waals surface area contributed by atoms with Gasteiger partial charge in [0.25, 0.3) is 0 Å². The highest BCUT2D eigenvalue weighted by Crippen LogP contribution is 2.14. The first kappa shape index (κ1) is 22.4. The summed E-state index contributed by atoms with van der Waals surface area (Å²) in [7, 11) is 1.76. The molecule has 2 fully saturated rings. The number of nitrogens with one attached hydrogen (secondary N) is 3. The zero-order chi connectivity index (χ0) is 21.0. The summed E-state index contributed by atoms with van der Waals surface area (Å²) >= 11 is 0. The van der Waals surface area contributed by atoms with Crippen LogP contribution < -0.4 is 16.0 Å². The van der Waals surface area contributed by atoms with Crippen LogP contribution in [0.4, 0.5) is 10.5 Å². The number of nitrogens with zero attached hydrogens (tertiary/aromatic N) is 2. The third-order valence-corrected chi connectivity index (χ3v) is 5.34. The molecule has 30 heavy (non-hydrogen) atoms. The second kappa shape index (κ2) is 12.4. The van der Waals surface area contributed by atoms with Crippen molar-refractivity contribution >= 4 is 17.7 Å². The summed E-state index contributed by atoms with van der Waals surface area (Å²) in [6.45, 7) is 5.37. The molecule has 1 atom stereocenters. The van der Waals surface area contributed by atoms with Crippen LogP contribution in [0.5, 0.6) is 0 Å². The lowest BCUT2D eigenvalue weighted by atomic mass is 10.2. The molecule has 1 aromatic carbocycles. The summed E-state index contributed by atoms with van der Waals surface area (Å²) in [4.78, 5) is 18.4. The van der Waals surface area contributed by atoms with Gasteiger partial charge in [-0.25, -0.2) is 4.79 Å². The zero-order valence-corrected chi connectivity index (χ0v) is 18.0. The highest BCUT2D eigenvalue weighted by Gasteiger charge is 2.17.